The number of nitrogens with zero attached hydrogens (tertiary/aromatic N) is 2. The van der Waals surface area contributed by atoms with Crippen LogP contribution in [0.2, 0.25) is 0 Å². The molecule has 0 aliphatic heterocycles. The summed E-state index contributed by atoms with van der Waals surface area (Å²) in [6.07, 6.45) is 0.977. The second kappa shape index (κ2) is 8.82. The molecule has 170 valence electrons. The van der Waals surface area contributed by atoms with Gasteiger partial charge in [0.15, 0.2) is 0 Å². The van der Waals surface area contributed by atoms with Crippen LogP contribution in [0.25, 0.3) is 16.6 Å². The van der Waals surface area contributed by atoms with E-state index in [0.29, 0.717) is 23.9 Å². The number of carbonyl (C=O) groups is 1. The first kappa shape index (κ1) is 22.1. The lowest BCUT2D eigenvalue weighted by molar-refractivity contribution is -0.137. The van der Waals surface area contributed by atoms with Crippen LogP contribution >= 0.6 is 0 Å². The summed E-state index contributed by atoms with van der Waals surface area (Å²) < 4.78 is 54.7. The number of ether oxygens (including phenoxy) is 2. The molecule has 1 saturated carbocycles. The molecule has 0 bridgehead atoms. The van der Waals surface area contributed by atoms with Gasteiger partial charge in [0.2, 0.25) is 0 Å². The highest BCUT2D eigenvalue weighted by molar-refractivity contribution is 5.80. The number of carboxylic acids is 1. The van der Waals surface area contributed by atoms with Gasteiger partial charge >= 0.3 is 12.1 Å². The molecule has 0 amide bonds. The third-order valence-corrected chi connectivity index (χ3v) is 5.81. The highest BCUT2D eigenvalue weighted by atomic mass is 19.4. The first-order chi connectivity index (χ1) is 15.3. The molecule has 0 radical (unpaired) electrons. The lowest BCUT2D eigenvalue weighted by atomic mass is 9.94. The smallest absolute Gasteiger partial charge is 0.417 e. The molecule has 1 aromatic carbocycles. The maximum absolute atomic E-state index is 13.9. The molecule has 0 saturated heterocycles. The summed E-state index contributed by atoms with van der Waals surface area (Å²) in [5, 5.41) is 13.2. The van der Waals surface area contributed by atoms with E-state index in [4.69, 9.17) is 14.6 Å². The molecule has 1 fully saturated rings. The summed E-state index contributed by atoms with van der Waals surface area (Å²) in [5.41, 5.74) is 0.291. The van der Waals surface area contributed by atoms with Gasteiger partial charge in [-0.05, 0) is 55.5 Å². The van der Waals surface area contributed by atoms with E-state index in [-0.39, 0.29) is 35.5 Å². The maximum atomic E-state index is 13.9. The van der Waals surface area contributed by atoms with Crippen molar-refractivity contribution in [2.24, 2.45) is 0 Å². The molecular weight excluding hydrogens is 425 g/mol. The summed E-state index contributed by atoms with van der Waals surface area (Å²) in [6, 6.07) is 6.98. The Bertz CT molecular complexity index is 1120. The monoisotopic (exact) mass is 448 g/mol. The predicted octanol–water partition coefficient (Wildman–Crippen LogP) is 4.98. The fraction of sp³-hybridized carbons (Fsp3) is 0.391. The molecule has 1 aliphatic carbocycles. The molecule has 1 N–H and O–H groups in total. The van der Waals surface area contributed by atoms with Gasteiger partial charge in [-0.3, -0.25) is 4.79 Å². The zero-order chi connectivity index (χ0) is 22.9. The van der Waals surface area contributed by atoms with E-state index in [2.05, 4.69) is 5.10 Å². The summed E-state index contributed by atoms with van der Waals surface area (Å²) in [6.45, 7) is 0. The standard InChI is InChI=1S/C23H23F3N2O4/c1-31-16-5-7-17(8-6-16)32-20-4-2-3-18(23(24,25)26)22(20)14-9-10-28-19(11-14)15(13-27-28)12-21(29)30/h2-4,9-11,13,16-17H,5-8,12H2,1H3,(H,29,30). The third kappa shape index (κ3) is 4.57. The van der Waals surface area contributed by atoms with Crippen LogP contribution in [0.3, 0.4) is 0 Å². The number of fused-ring (bicyclic) bond motifs is 1. The van der Waals surface area contributed by atoms with Gasteiger partial charge in [0, 0.05) is 24.4 Å². The molecule has 32 heavy (non-hydrogen) atoms. The Balaban J connectivity index is 1.77. The SMILES string of the molecule is COC1CCC(Oc2cccc(C(F)(F)F)c2-c2ccn3ncc(CC(=O)O)c3c2)CC1. The van der Waals surface area contributed by atoms with Crippen LogP contribution in [0.15, 0.2) is 42.7 Å². The van der Waals surface area contributed by atoms with Crippen molar-refractivity contribution in [1.82, 2.24) is 9.61 Å². The minimum atomic E-state index is -4.58. The minimum Gasteiger partial charge on any atom is -0.490 e. The Labute approximate surface area is 182 Å². The van der Waals surface area contributed by atoms with Crippen LogP contribution in [0, 0.1) is 0 Å². The molecule has 0 unspecified atom stereocenters. The van der Waals surface area contributed by atoms with Crippen LogP contribution in [-0.2, 0) is 22.1 Å². The largest absolute Gasteiger partial charge is 0.490 e. The number of aromatic nitrogens is 2. The average Bonchev–Trinajstić information content (AvgIpc) is 3.15. The fourth-order valence-electron chi connectivity index (χ4n) is 4.21. The number of hydrogen-bond donors (Lipinski definition) is 1. The summed E-state index contributed by atoms with van der Waals surface area (Å²) >= 11 is 0. The van der Waals surface area contributed by atoms with E-state index in [9.17, 15) is 18.0 Å². The lowest BCUT2D eigenvalue weighted by Crippen LogP contribution is -2.28. The zero-order valence-corrected chi connectivity index (χ0v) is 17.4. The molecule has 2 aromatic heterocycles. The number of aliphatic carboxylic acids is 1. The predicted molar refractivity (Wildman–Crippen MR) is 111 cm³/mol. The highest BCUT2D eigenvalue weighted by Gasteiger charge is 2.36. The molecule has 1 aliphatic rings. The number of halogens is 3. The summed E-state index contributed by atoms with van der Waals surface area (Å²) in [5.74, 6) is -0.888. The van der Waals surface area contributed by atoms with E-state index in [1.165, 1.54) is 35.1 Å². The topological polar surface area (TPSA) is 73.1 Å². The number of benzene rings is 1. The number of rotatable bonds is 6. The Morgan fingerprint density at radius 2 is 1.91 bits per heavy atom. The number of pyridine rings is 1. The minimum absolute atomic E-state index is 0.0566. The van der Waals surface area contributed by atoms with Crippen LogP contribution in [0.1, 0.15) is 36.8 Å². The Hall–Kier alpha value is -3.07. The quantitative estimate of drug-likeness (QED) is 0.576. The van der Waals surface area contributed by atoms with Crippen molar-refractivity contribution in [3.8, 4) is 16.9 Å². The van der Waals surface area contributed by atoms with E-state index >= 15 is 0 Å². The Kier molecular flexibility index (Phi) is 6.10. The van der Waals surface area contributed by atoms with Crippen LogP contribution < -0.4 is 4.74 Å². The van der Waals surface area contributed by atoms with Gasteiger partial charge in [-0.15, -0.1) is 0 Å². The molecule has 2 heterocycles. The van der Waals surface area contributed by atoms with Gasteiger partial charge in [-0.2, -0.15) is 18.3 Å². The summed E-state index contributed by atoms with van der Waals surface area (Å²) in [7, 11) is 1.65. The van der Waals surface area contributed by atoms with Gasteiger partial charge < -0.3 is 14.6 Å². The first-order valence-electron chi connectivity index (χ1n) is 10.3. The van der Waals surface area contributed by atoms with E-state index < -0.39 is 17.7 Å². The summed E-state index contributed by atoms with van der Waals surface area (Å²) in [4.78, 5) is 11.2. The molecule has 9 heteroatoms. The number of alkyl halides is 3. The first-order valence-corrected chi connectivity index (χ1v) is 10.3. The molecule has 0 atom stereocenters. The van der Waals surface area contributed by atoms with E-state index in [0.717, 1.165) is 18.9 Å². The van der Waals surface area contributed by atoms with Crippen molar-refractivity contribution >= 4 is 11.5 Å². The highest BCUT2D eigenvalue weighted by Crippen LogP contribution is 2.43. The van der Waals surface area contributed by atoms with Crippen molar-refractivity contribution in [2.75, 3.05) is 7.11 Å². The van der Waals surface area contributed by atoms with Gasteiger partial charge in [0.05, 0.1) is 35.9 Å². The normalized spacial score (nSPS) is 19.2. The van der Waals surface area contributed by atoms with Gasteiger partial charge in [-0.25, -0.2) is 4.52 Å². The average molecular weight is 448 g/mol. The number of hydrogen-bond acceptors (Lipinski definition) is 4. The number of carboxylic acid groups (broad SMARTS) is 1. The molecule has 0 spiro atoms. The molecule has 6 nitrogen and oxygen atoms in total. The van der Waals surface area contributed by atoms with Crippen molar-refractivity contribution in [1.29, 1.82) is 0 Å². The van der Waals surface area contributed by atoms with Crippen LogP contribution in [0.4, 0.5) is 13.2 Å². The van der Waals surface area contributed by atoms with Gasteiger partial charge in [-0.1, -0.05) is 6.07 Å². The second-order valence-electron chi connectivity index (χ2n) is 7.91. The number of methoxy groups -OCH3 is 1. The van der Waals surface area contributed by atoms with Gasteiger partial charge in [0.1, 0.15) is 5.75 Å². The lowest BCUT2D eigenvalue weighted by Gasteiger charge is -2.29. The fourth-order valence-corrected chi connectivity index (χ4v) is 4.21. The Morgan fingerprint density at radius 1 is 1.19 bits per heavy atom. The van der Waals surface area contributed by atoms with Crippen LogP contribution in [-0.4, -0.2) is 40.0 Å². The van der Waals surface area contributed by atoms with E-state index in [1.807, 2.05) is 0 Å². The zero-order valence-electron chi connectivity index (χ0n) is 17.4. The Morgan fingerprint density at radius 3 is 2.56 bits per heavy atom. The van der Waals surface area contributed by atoms with Crippen LogP contribution in [0.5, 0.6) is 5.75 Å². The van der Waals surface area contributed by atoms with E-state index in [1.54, 1.807) is 13.2 Å². The van der Waals surface area contributed by atoms with Crippen molar-refractivity contribution < 1.29 is 32.5 Å². The molecule has 4 rings (SSSR count). The molecule has 3 aromatic rings. The van der Waals surface area contributed by atoms with Crippen molar-refractivity contribution in [2.45, 2.75) is 50.5 Å². The molecular formula is C23H23F3N2O4. The van der Waals surface area contributed by atoms with Crippen molar-refractivity contribution in [3.05, 3.63) is 53.9 Å². The second-order valence-corrected chi connectivity index (χ2v) is 7.91. The van der Waals surface area contributed by atoms with Crippen molar-refractivity contribution in [3.63, 3.8) is 0 Å². The third-order valence-electron chi connectivity index (χ3n) is 5.81. The maximum Gasteiger partial charge on any atom is 0.417 e. The van der Waals surface area contributed by atoms with Gasteiger partial charge in [0.25, 0.3) is 0 Å².